The number of benzene rings is 2. The van der Waals surface area contributed by atoms with Crippen molar-refractivity contribution in [3.05, 3.63) is 90.4 Å². The summed E-state index contributed by atoms with van der Waals surface area (Å²) >= 11 is 0. The van der Waals surface area contributed by atoms with E-state index in [0.717, 1.165) is 27.8 Å². The molecule has 2 heterocycles. The van der Waals surface area contributed by atoms with Gasteiger partial charge in [0.15, 0.2) is 0 Å². The van der Waals surface area contributed by atoms with Gasteiger partial charge in [-0.25, -0.2) is 4.98 Å². The van der Waals surface area contributed by atoms with Crippen LogP contribution in [0.25, 0.3) is 22.3 Å². The van der Waals surface area contributed by atoms with Gasteiger partial charge in [-0.2, -0.15) is 5.10 Å². The van der Waals surface area contributed by atoms with Crippen LogP contribution in [0.15, 0.2) is 79.3 Å². The third-order valence-electron chi connectivity index (χ3n) is 5.16. The first-order chi connectivity index (χ1) is 15.6. The number of nitrogens with two attached hydrogens (primary N) is 1. The molecule has 0 atom stereocenters. The Morgan fingerprint density at radius 2 is 1.81 bits per heavy atom. The smallest absolute Gasteiger partial charge is 0.251 e. The summed E-state index contributed by atoms with van der Waals surface area (Å²) < 4.78 is 6.93. The van der Waals surface area contributed by atoms with E-state index in [9.17, 15) is 4.79 Å². The Labute approximate surface area is 186 Å². The highest BCUT2D eigenvalue weighted by Crippen LogP contribution is 2.29. The normalized spacial score (nSPS) is 10.8. The lowest BCUT2D eigenvalue weighted by atomic mass is 10.0. The van der Waals surface area contributed by atoms with E-state index in [0.29, 0.717) is 31.1 Å². The maximum Gasteiger partial charge on any atom is 0.251 e. The highest BCUT2D eigenvalue weighted by atomic mass is 16.5. The predicted molar refractivity (Wildman–Crippen MR) is 125 cm³/mol. The van der Waals surface area contributed by atoms with Crippen molar-refractivity contribution in [1.29, 1.82) is 0 Å². The fraction of sp³-hybridized carbons (Fsp3) is 0.160. The monoisotopic (exact) mass is 427 g/mol. The molecule has 2 aromatic heterocycles. The molecule has 7 nitrogen and oxygen atoms in total. The number of ether oxygens (including phenoxy) is 1. The summed E-state index contributed by atoms with van der Waals surface area (Å²) in [7, 11) is 1.67. The van der Waals surface area contributed by atoms with Crippen molar-refractivity contribution < 1.29 is 9.53 Å². The zero-order chi connectivity index (χ0) is 22.3. The number of hydrogen-bond acceptors (Lipinski definition) is 5. The molecule has 0 saturated heterocycles. The molecular weight excluding hydrogens is 402 g/mol. The molecule has 2 aromatic carbocycles. The number of anilines is 1. The van der Waals surface area contributed by atoms with E-state index in [2.05, 4.69) is 15.4 Å². The molecule has 32 heavy (non-hydrogen) atoms. The zero-order valence-electron chi connectivity index (χ0n) is 17.9. The second-order valence-electron chi connectivity index (χ2n) is 7.39. The number of carbonyl (C=O) groups is 1. The minimum atomic E-state index is -0.122. The first-order valence-corrected chi connectivity index (χ1v) is 10.3. The number of nitrogens with zero attached hydrogens (tertiary/aromatic N) is 3. The van der Waals surface area contributed by atoms with Crippen LogP contribution in [0.4, 0.5) is 5.82 Å². The molecule has 0 fully saturated rings. The van der Waals surface area contributed by atoms with Crippen LogP contribution < -0.4 is 11.1 Å². The molecule has 162 valence electrons. The lowest BCUT2D eigenvalue weighted by molar-refractivity contribution is 0.0951. The molecule has 4 aromatic rings. The van der Waals surface area contributed by atoms with Gasteiger partial charge >= 0.3 is 0 Å². The fourth-order valence-electron chi connectivity index (χ4n) is 3.37. The summed E-state index contributed by atoms with van der Waals surface area (Å²) in [5.74, 6) is 0.311. The van der Waals surface area contributed by atoms with Gasteiger partial charge in [-0.1, -0.05) is 42.5 Å². The lowest BCUT2D eigenvalue weighted by Crippen LogP contribution is -2.22. The average Bonchev–Trinajstić information content (AvgIpc) is 3.31. The van der Waals surface area contributed by atoms with Crippen LogP contribution in [0.1, 0.15) is 15.9 Å². The first-order valence-electron chi connectivity index (χ1n) is 10.3. The van der Waals surface area contributed by atoms with Gasteiger partial charge in [0.05, 0.1) is 19.3 Å². The van der Waals surface area contributed by atoms with Crippen LogP contribution >= 0.6 is 0 Å². The van der Waals surface area contributed by atoms with E-state index in [1.807, 2.05) is 59.4 Å². The van der Waals surface area contributed by atoms with Gasteiger partial charge in [-0.3, -0.25) is 9.48 Å². The number of rotatable bonds is 8. The van der Waals surface area contributed by atoms with Gasteiger partial charge in [0, 0.05) is 48.3 Å². The van der Waals surface area contributed by atoms with Crippen molar-refractivity contribution in [2.75, 3.05) is 19.5 Å². The maximum atomic E-state index is 12.5. The number of hydrogen-bond donors (Lipinski definition) is 2. The quantitative estimate of drug-likeness (QED) is 0.446. The highest BCUT2D eigenvalue weighted by Gasteiger charge is 2.11. The van der Waals surface area contributed by atoms with Crippen LogP contribution in [0.2, 0.25) is 0 Å². The van der Waals surface area contributed by atoms with E-state index < -0.39 is 0 Å². The van der Waals surface area contributed by atoms with Crippen molar-refractivity contribution in [3.8, 4) is 22.3 Å². The van der Waals surface area contributed by atoms with Gasteiger partial charge in [0.2, 0.25) is 0 Å². The Morgan fingerprint density at radius 3 is 2.56 bits per heavy atom. The van der Waals surface area contributed by atoms with E-state index in [1.165, 1.54) is 0 Å². The molecule has 7 heteroatoms. The molecule has 0 radical (unpaired) electrons. The Balaban J connectivity index is 1.49. The number of amides is 1. The van der Waals surface area contributed by atoms with Crippen LogP contribution in [0.5, 0.6) is 0 Å². The van der Waals surface area contributed by atoms with Crippen molar-refractivity contribution in [3.63, 3.8) is 0 Å². The summed E-state index contributed by atoms with van der Waals surface area (Å²) in [6, 6.07) is 19.2. The van der Waals surface area contributed by atoms with Crippen molar-refractivity contribution >= 4 is 11.7 Å². The first kappa shape index (κ1) is 21.3. The Hall–Kier alpha value is -3.97. The highest BCUT2D eigenvalue weighted by molar-refractivity contribution is 5.95. The van der Waals surface area contributed by atoms with Crippen molar-refractivity contribution in [1.82, 2.24) is 20.1 Å². The molecule has 0 saturated carbocycles. The third kappa shape index (κ3) is 5.01. The minimum Gasteiger partial charge on any atom is -0.383 e. The topological polar surface area (TPSA) is 95.1 Å². The third-order valence-corrected chi connectivity index (χ3v) is 5.16. The maximum absolute atomic E-state index is 12.5. The van der Waals surface area contributed by atoms with Gasteiger partial charge < -0.3 is 15.8 Å². The standard InChI is InChI=1S/C25H25N5O2/c1-32-12-11-30-17-22(16-29-30)21-13-23(24(26)27-15-21)19-7-9-20(10-8-19)25(31)28-14-18-5-3-2-4-6-18/h2-10,13,15-17H,11-12,14H2,1H3,(H2,26,27)(H,28,31). The van der Waals surface area contributed by atoms with Gasteiger partial charge in [-0.05, 0) is 29.3 Å². The van der Waals surface area contributed by atoms with E-state index in [-0.39, 0.29) is 5.91 Å². The molecule has 0 spiro atoms. The molecule has 0 bridgehead atoms. The fourth-order valence-corrected chi connectivity index (χ4v) is 3.37. The molecule has 4 rings (SSSR count). The van der Waals surface area contributed by atoms with E-state index in [4.69, 9.17) is 10.5 Å². The largest absolute Gasteiger partial charge is 0.383 e. The van der Waals surface area contributed by atoms with Crippen LogP contribution in [0.3, 0.4) is 0 Å². The molecule has 0 aliphatic heterocycles. The van der Waals surface area contributed by atoms with Gasteiger partial charge in [-0.15, -0.1) is 0 Å². The van der Waals surface area contributed by atoms with E-state index >= 15 is 0 Å². The van der Waals surface area contributed by atoms with Crippen molar-refractivity contribution in [2.24, 2.45) is 0 Å². The minimum absolute atomic E-state index is 0.122. The van der Waals surface area contributed by atoms with Gasteiger partial charge in [0.1, 0.15) is 5.82 Å². The number of methoxy groups -OCH3 is 1. The molecule has 0 aliphatic carbocycles. The number of aromatic nitrogens is 3. The van der Waals surface area contributed by atoms with Crippen LogP contribution in [-0.4, -0.2) is 34.4 Å². The number of pyridine rings is 1. The Morgan fingerprint density at radius 1 is 1.03 bits per heavy atom. The second-order valence-corrected chi connectivity index (χ2v) is 7.39. The summed E-state index contributed by atoms with van der Waals surface area (Å²) in [6.07, 6.45) is 5.49. The number of nitrogen functional groups attached to an aromatic ring is 1. The number of carbonyl (C=O) groups excluding carboxylic acids is 1. The summed E-state index contributed by atoms with van der Waals surface area (Å²) in [5, 5.41) is 7.30. The van der Waals surface area contributed by atoms with Crippen LogP contribution in [0, 0.1) is 0 Å². The Bertz CT molecular complexity index is 1190. The molecule has 3 N–H and O–H groups in total. The summed E-state index contributed by atoms with van der Waals surface area (Å²) in [6.45, 7) is 1.76. The molecule has 0 unspecified atom stereocenters. The molecule has 1 amide bonds. The lowest BCUT2D eigenvalue weighted by Gasteiger charge is -2.09. The number of nitrogens with one attached hydrogen (secondary N) is 1. The average molecular weight is 428 g/mol. The van der Waals surface area contributed by atoms with Crippen LogP contribution in [-0.2, 0) is 17.8 Å². The summed E-state index contributed by atoms with van der Waals surface area (Å²) in [5.41, 5.74) is 11.4. The predicted octanol–water partition coefficient (Wildman–Crippen LogP) is 3.77. The molecular formula is C25H25N5O2. The van der Waals surface area contributed by atoms with Crippen molar-refractivity contribution in [2.45, 2.75) is 13.1 Å². The SMILES string of the molecule is COCCn1cc(-c2cnc(N)c(-c3ccc(C(=O)NCc4ccccc4)cc3)c2)cn1. The zero-order valence-corrected chi connectivity index (χ0v) is 17.9. The summed E-state index contributed by atoms with van der Waals surface area (Å²) in [4.78, 5) is 16.8. The second kappa shape index (κ2) is 9.89. The molecule has 0 aliphatic rings. The van der Waals surface area contributed by atoms with Gasteiger partial charge in [0.25, 0.3) is 5.91 Å². The Kier molecular flexibility index (Phi) is 6.57. The van der Waals surface area contributed by atoms with E-state index in [1.54, 1.807) is 31.6 Å².